The minimum absolute atomic E-state index is 0.235. The number of benzene rings is 1. The zero-order valence-corrected chi connectivity index (χ0v) is 12.7. The van der Waals surface area contributed by atoms with Crippen LogP contribution < -0.4 is 0 Å². The molecule has 1 aromatic heterocycles. The summed E-state index contributed by atoms with van der Waals surface area (Å²) >= 11 is 0. The molecular formula is C14H20NO2Si. The van der Waals surface area contributed by atoms with Crippen molar-refractivity contribution >= 4 is 19.4 Å². The van der Waals surface area contributed by atoms with E-state index in [-0.39, 0.29) is 5.04 Å². The Bertz CT molecular complexity index is 540. The van der Waals surface area contributed by atoms with Crippen molar-refractivity contribution in [2.24, 2.45) is 0 Å². The van der Waals surface area contributed by atoms with Crippen LogP contribution in [0.2, 0.25) is 18.1 Å². The summed E-state index contributed by atoms with van der Waals surface area (Å²) in [5, 5.41) is 0.235. The number of hydrogen-bond donors (Lipinski definition) is 0. The molecule has 0 bridgehead atoms. The third-order valence-electron chi connectivity index (χ3n) is 3.75. The minimum atomic E-state index is -1.69. The van der Waals surface area contributed by atoms with Crippen LogP contribution in [-0.2, 0) is 11.0 Å². The molecule has 4 heteroatoms. The van der Waals surface area contributed by atoms with Gasteiger partial charge in [-0.15, -0.1) is 0 Å². The van der Waals surface area contributed by atoms with Crippen molar-refractivity contribution in [3.63, 3.8) is 0 Å². The van der Waals surface area contributed by atoms with Gasteiger partial charge in [-0.25, -0.2) is 4.98 Å². The second-order valence-corrected chi connectivity index (χ2v) is 11.0. The summed E-state index contributed by atoms with van der Waals surface area (Å²) in [6.07, 6.45) is 2.50. The standard InChI is InChI=1S/C14H20NO2Si/c1-14(2,3)18(4,5)17-9-11-6-7-13-12(8-11)15-10-16-13/h6-8H,9H2,1-5H3. The molecule has 0 aliphatic rings. The molecule has 0 aliphatic heterocycles. The molecule has 0 saturated heterocycles. The molecule has 0 unspecified atom stereocenters. The van der Waals surface area contributed by atoms with Crippen LogP contribution in [0, 0.1) is 6.39 Å². The van der Waals surface area contributed by atoms with E-state index in [1.807, 2.05) is 18.2 Å². The Morgan fingerprint density at radius 3 is 2.72 bits per heavy atom. The maximum absolute atomic E-state index is 6.18. The lowest BCUT2D eigenvalue weighted by molar-refractivity contribution is 0.276. The molecule has 0 saturated carbocycles. The topological polar surface area (TPSA) is 35.3 Å². The van der Waals surface area contributed by atoms with E-state index in [0.29, 0.717) is 6.61 Å². The van der Waals surface area contributed by atoms with Crippen molar-refractivity contribution in [1.29, 1.82) is 0 Å². The summed E-state index contributed by atoms with van der Waals surface area (Å²) in [4.78, 5) is 4.04. The highest BCUT2D eigenvalue weighted by molar-refractivity contribution is 6.74. The largest absolute Gasteiger partial charge is 0.432 e. The van der Waals surface area contributed by atoms with Crippen molar-refractivity contribution in [2.75, 3.05) is 0 Å². The Hall–Kier alpha value is -1.13. The van der Waals surface area contributed by atoms with Crippen LogP contribution in [0.15, 0.2) is 22.6 Å². The number of oxazole rings is 1. The zero-order chi connectivity index (χ0) is 13.4. The first-order valence-corrected chi connectivity index (χ1v) is 9.10. The van der Waals surface area contributed by atoms with Crippen LogP contribution in [0.4, 0.5) is 0 Å². The molecule has 97 valence electrons. The van der Waals surface area contributed by atoms with Gasteiger partial charge in [-0.3, -0.25) is 0 Å². The van der Waals surface area contributed by atoms with Gasteiger partial charge in [0.15, 0.2) is 13.9 Å². The summed E-state index contributed by atoms with van der Waals surface area (Å²) in [5.74, 6) is 0. The predicted octanol–water partition coefficient (Wildman–Crippen LogP) is 4.15. The van der Waals surface area contributed by atoms with E-state index in [4.69, 9.17) is 8.84 Å². The van der Waals surface area contributed by atoms with Crippen LogP contribution in [0.5, 0.6) is 0 Å². The second kappa shape index (κ2) is 4.52. The molecule has 18 heavy (non-hydrogen) atoms. The van der Waals surface area contributed by atoms with Crippen LogP contribution in [0.1, 0.15) is 26.3 Å². The molecule has 0 aliphatic carbocycles. The van der Waals surface area contributed by atoms with Gasteiger partial charge in [0.25, 0.3) is 6.39 Å². The SMILES string of the molecule is CC(C)(C)[Si](C)(C)OCc1ccc2o[c]nc2c1. The van der Waals surface area contributed by atoms with E-state index in [0.717, 1.165) is 16.7 Å². The summed E-state index contributed by atoms with van der Waals surface area (Å²) in [5.41, 5.74) is 2.74. The zero-order valence-electron chi connectivity index (χ0n) is 11.7. The van der Waals surface area contributed by atoms with Gasteiger partial charge in [0.2, 0.25) is 0 Å². The average Bonchev–Trinajstić information content (AvgIpc) is 2.71. The van der Waals surface area contributed by atoms with E-state index in [1.54, 1.807) is 0 Å². The Labute approximate surface area is 109 Å². The van der Waals surface area contributed by atoms with E-state index < -0.39 is 8.32 Å². The van der Waals surface area contributed by atoms with Gasteiger partial charge in [-0.2, -0.15) is 0 Å². The smallest absolute Gasteiger partial charge is 0.284 e. The van der Waals surface area contributed by atoms with Crippen LogP contribution >= 0.6 is 0 Å². The molecule has 2 rings (SSSR count). The molecule has 3 nitrogen and oxygen atoms in total. The highest BCUT2D eigenvalue weighted by Crippen LogP contribution is 2.37. The van der Waals surface area contributed by atoms with Gasteiger partial charge in [-0.05, 0) is 35.8 Å². The molecule has 0 amide bonds. The Morgan fingerprint density at radius 2 is 2.06 bits per heavy atom. The number of aromatic nitrogens is 1. The number of hydrogen-bond acceptors (Lipinski definition) is 3. The van der Waals surface area contributed by atoms with E-state index >= 15 is 0 Å². The van der Waals surface area contributed by atoms with Gasteiger partial charge in [0.05, 0.1) is 6.61 Å². The average molecular weight is 262 g/mol. The van der Waals surface area contributed by atoms with Crippen LogP contribution in [0.3, 0.4) is 0 Å². The normalized spacial score (nSPS) is 13.2. The Kier molecular flexibility index (Phi) is 3.34. The summed E-state index contributed by atoms with van der Waals surface area (Å²) in [6.45, 7) is 11.9. The number of rotatable bonds is 3. The quantitative estimate of drug-likeness (QED) is 0.779. The summed E-state index contributed by atoms with van der Waals surface area (Å²) in [7, 11) is -1.69. The first kappa shape index (κ1) is 13.3. The van der Waals surface area contributed by atoms with Crippen molar-refractivity contribution < 1.29 is 8.84 Å². The molecule has 0 N–H and O–H groups in total. The van der Waals surface area contributed by atoms with Crippen molar-refractivity contribution in [3.8, 4) is 0 Å². The van der Waals surface area contributed by atoms with Crippen molar-refractivity contribution in [2.45, 2.75) is 45.5 Å². The third kappa shape index (κ3) is 2.65. The van der Waals surface area contributed by atoms with Crippen molar-refractivity contribution in [1.82, 2.24) is 4.98 Å². The fourth-order valence-corrected chi connectivity index (χ4v) is 2.39. The maximum atomic E-state index is 6.18. The van der Waals surface area contributed by atoms with E-state index in [9.17, 15) is 0 Å². The lowest BCUT2D eigenvalue weighted by atomic mass is 10.2. The Morgan fingerprint density at radius 1 is 1.33 bits per heavy atom. The molecule has 0 fully saturated rings. The minimum Gasteiger partial charge on any atom is -0.432 e. The fourth-order valence-electron chi connectivity index (χ4n) is 1.43. The second-order valence-electron chi connectivity index (χ2n) is 6.16. The molecule has 1 aromatic carbocycles. The number of fused-ring (bicyclic) bond motifs is 1. The highest BCUT2D eigenvalue weighted by Gasteiger charge is 2.36. The van der Waals surface area contributed by atoms with Crippen molar-refractivity contribution in [3.05, 3.63) is 30.2 Å². The molecular weight excluding hydrogens is 242 g/mol. The number of nitrogens with zero attached hydrogens (tertiary/aromatic N) is 1. The van der Waals surface area contributed by atoms with E-state index in [1.165, 1.54) is 0 Å². The Balaban J connectivity index is 2.10. The molecule has 0 spiro atoms. The lowest BCUT2D eigenvalue weighted by Gasteiger charge is -2.36. The fraction of sp³-hybridized carbons (Fsp3) is 0.500. The molecule has 0 atom stereocenters. The first-order chi connectivity index (χ1) is 8.29. The molecule has 2 aromatic rings. The van der Waals surface area contributed by atoms with Gasteiger partial charge >= 0.3 is 0 Å². The van der Waals surface area contributed by atoms with E-state index in [2.05, 4.69) is 45.2 Å². The first-order valence-electron chi connectivity index (χ1n) is 6.19. The van der Waals surface area contributed by atoms with Crippen LogP contribution in [0.25, 0.3) is 11.1 Å². The monoisotopic (exact) mass is 262 g/mol. The van der Waals surface area contributed by atoms with Gasteiger partial charge in [0.1, 0.15) is 5.52 Å². The van der Waals surface area contributed by atoms with Gasteiger partial charge in [0, 0.05) is 0 Å². The maximum Gasteiger partial charge on any atom is 0.284 e. The predicted molar refractivity (Wildman–Crippen MR) is 74.8 cm³/mol. The highest BCUT2D eigenvalue weighted by atomic mass is 28.4. The summed E-state index contributed by atoms with van der Waals surface area (Å²) in [6, 6.07) is 5.94. The molecule has 1 radical (unpaired) electrons. The summed E-state index contributed by atoms with van der Waals surface area (Å²) < 4.78 is 11.3. The van der Waals surface area contributed by atoms with Gasteiger partial charge in [-0.1, -0.05) is 26.8 Å². The molecule has 1 heterocycles. The van der Waals surface area contributed by atoms with Gasteiger partial charge < -0.3 is 8.84 Å². The lowest BCUT2D eigenvalue weighted by Crippen LogP contribution is -2.40. The van der Waals surface area contributed by atoms with Crippen LogP contribution in [-0.4, -0.2) is 13.3 Å². The third-order valence-corrected chi connectivity index (χ3v) is 8.23.